The summed E-state index contributed by atoms with van der Waals surface area (Å²) in [6.07, 6.45) is 0. The molecule has 16 heavy (non-hydrogen) atoms. The monoisotopic (exact) mass is 220 g/mol. The Morgan fingerprint density at radius 1 is 1.44 bits per heavy atom. The Labute approximate surface area is 97.2 Å². The summed E-state index contributed by atoms with van der Waals surface area (Å²) in [6.45, 7) is 8.05. The molecular formula is C13H20N2O. The van der Waals surface area contributed by atoms with Crippen LogP contribution in [-0.2, 0) is 4.79 Å². The standard InChI is InChI=1S/C13H20N2O/c1-5-15(12(16)13(3,4)14)11-8-6-7-10(2)9-11/h6-9H,5,14H2,1-4H3. The van der Waals surface area contributed by atoms with E-state index < -0.39 is 5.54 Å². The fourth-order valence-corrected chi connectivity index (χ4v) is 1.59. The number of rotatable bonds is 3. The quantitative estimate of drug-likeness (QED) is 0.847. The largest absolute Gasteiger partial charge is 0.318 e. The molecule has 1 rings (SSSR count). The number of anilines is 1. The SMILES string of the molecule is CCN(C(=O)C(C)(C)N)c1cccc(C)c1. The number of carbonyl (C=O) groups is 1. The van der Waals surface area contributed by atoms with Crippen molar-refractivity contribution in [1.29, 1.82) is 0 Å². The second-order valence-corrected chi connectivity index (χ2v) is 4.61. The van der Waals surface area contributed by atoms with Crippen LogP contribution in [0.1, 0.15) is 26.3 Å². The van der Waals surface area contributed by atoms with Crippen LogP contribution in [0, 0.1) is 6.92 Å². The van der Waals surface area contributed by atoms with Gasteiger partial charge in [0, 0.05) is 12.2 Å². The van der Waals surface area contributed by atoms with E-state index in [1.54, 1.807) is 18.7 Å². The van der Waals surface area contributed by atoms with Gasteiger partial charge >= 0.3 is 0 Å². The zero-order valence-corrected chi connectivity index (χ0v) is 10.4. The fraction of sp³-hybridized carbons (Fsp3) is 0.462. The van der Waals surface area contributed by atoms with Crippen molar-refractivity contribution in [2.24, 2.45) is 5.73 Å². The molecule has 1 aromatic carbocycles. The van der Waals surface area contributed by atoms with Gasteiger partial charge in [0.25, 0.3) is 0 Å². The van der Waals surface area contributed by atoms with Crippen molar-refractivity contribution in [3.8, 4) is 0 Å². The first-order valence-corrected chi connectivity index (χ1v) is 5.53. The van der Waals surface area contributed by atoms with Crippen molar-refractivity contribution in [2.45, 2.75) is 33.2 Å². The van der Waals surface area contributed by atoms with Crippen molar-refractivity contribution in [3.05, 3.63) is 29.8 Å². The summed E-state index contributed by atoms with van der Waals surface area (Å²) in [4.78, 5) is 13.8. The van der Waals surface area contributed by atoms with E-state index in [0.29, 0.717) is 6.54 Å². The van der Waals surface area contributed by atoms with Crippen molar-refractivity contribution in [1.82, 2.24) is 0 Å². The van der Waals surface area contributed by atoms with Crippen LogP contribution >= 0.6 is 0 Å². The first-order valence-electron chi connectivity index (χ1n) is 5.53. The van der Waals surface area contributed by atoms with Crippen LogP contribution in [0.3, 0.4) is 0 Å². The van der Waals surface area contributed by atoms with E-state index in [0.717, 1.165) is 11.3 Å². The first kappa shape index (κ1) is 12.7. The molecule has 3 heteroatoms. The lowest BCUT2D eigenvalue weighted by Gasteiger charge is -2.28. The first-order chi connectivity index (χ1) is 7.36. The molecule has 0 bridgehead atoms. The maximum absolute atomic E-state index is 12.1. The van der Waals surface area contributed by atoms with Gasteiger partial charge in [0.15, 0.2) is 0 Å². The Hall–Kier alpha value is -1.35. The minimum atomic E-state index is -0.834. The minimum absolute atomic E-state index is 0.0550. The molecule has 0 atom stereocenters. The summed E-state index contributed by atoms with van der Waals surface area (Å²) >= 11 is 0. The van der Waals surface area contributed by atoms with Gasteiger partial charge in [-0.25, -0.2) is 0 Å². The van der Waals surface area contributed by atoms with E-state index in [4.69, 9.17) is 5.73 Å². The topological polar surface area (TPSA) is 46.3 Å². The molecule has 0 saturated carbocycles. The Morgan fingerprint density at radius 3 is 2.50 bits per heavy atom. The van der Waals surface area contributed by atoms with E-state index in [-0.39, 0.29) is 5.91 Å². The number of amides is 1. The Morgan fingerprint density at radius 2 is 2.06 bits per heavy atom. The molecular weight excluding hydrogens is 200 g/mol. The predicted molar refractivity (Wildman–Crippen MR) is 67.5 cm³/mol. The second kappa shape index (κ2) is 4.66. The number of carbonyl (C=O) groups excluding carboxylic acids is 1. The van der Waals surface area contributed by atoms with Crippen molar-refractivity contribution in [3.63, 3.8) is 0 Å². The normalized spacial score (nSPS) is 11.3. The van der Waals surface area contributed by atoms with Crippen LogP contribution in [0.4, 0.5) is 5.69 Å². The molecule has 0 aromatic heterocycles. The molecule has 3 nitrogen and oxygen atoms in total. The molecule has 0 aliphatic heterocycles. The lowest BCUT2D eigenvalue weighted by Crippen LogP contribution is -2.51. The predicted octanol–water partition coefficient (Wildman–Crippen LogP) is 2.09. The molecule has 0 spiro atoms. The van der Waals surface area contributed by atoms with Gasteiger partial charge < -0.3 is 10.6 Å². The van der Waals surface area contributed by atoms with Crippen LogP contribution in [-0.4, -0.2) is 18.0 Å². The zero-order chi connectivity index (χ0) is 12.3. The highest BCUT2D eigenvalue weighted by molar-refractivity contribution is 5.99. The summed E-state index contributed by atoms with van der Waals surface area (Å²) in [7, 11) is 0. The van der Waals surface area contributed by atoms with Crippen LogP contribution in [0.2, 0.25) is 0 Å². The zero-order valence-electron chi connectivity index (χ0n) is 10.4. The molecule has 88 valence electrons. The maximum Gasteiger partial charge on any atom is 0.246 e. The van der Waals surface area contributed by atoms with Gasteiger partial charge in [0.05, 0.1) is 5.54 Å². The molecule has 0 radical (unpaired) electrons. The fourth-order valence-electron chi connectivity index (χ4n) is 1.59. The molecule has 0 saturated heterocycles. The number of aryl methyl sites for hydroxylation is 1. The number of nitrogens with zero attached hydrogens (tertiary/aromatic N) is 1. The van der Waals surface area contributed by atoms with Gasteiger partial charge in [-0.05, 0) is 45.4 Å². The third-order valence-electron chi connectivity index (χ3n) is 2.43. The third kappa shape index (κ3) is 2.83. The van der Waals surface area contributed by atoms with E-state index in [1.807, 2.05) is 38.1 Å². The van der Waals surface area contributed by atoms with E-state index in [2.05, 4.69) is 0 Å². The second-order valence-electron chi connectivity index (χ2n) is 4.61. The van der Waals surface area contributed by atoms with Crippen LogP contribution < -0.4 is 10.6 Å². The van der Waals surface area contributed by atoms with Crippen molar-refractivity contribution < 1.29 is 4.79 Å². The van der Waals surface area contributed by atoms with Gasteiger partial charge in [-0.2, -0.15) is 0 Å². The molecule has 0 unspecified atom stereocenters. The number of benzene rings is 1. The molecule has 1 amide bonds. The van der Waals surface area contributed by atoms with E-state index in [9.17, 15) is 4.79 Å². The average Bonchev–Trinajstić information content (AvgIpc) is 2.17. The Kier molecular flexibility index (Phi) is 3.70. The highest BCUT2D eigenvalue weighted by atomic mass is 16.2. The molecule has 0 heterocycles. The van der Waals surface area contributed by atoms with Crippen LogP contribution in [0.5, 0.6) is 0 Å². The molecule has 0 fully saturated rings. The Bertz CT molecular complexity index is 380. The van der Waals surface area contributed by atoms with Gasteiger partial charge in [0.1, 0.15) is 0 Å². The van der Waals surface area contributed by atoms with E-state index >= 15 is 0 Å². The number of nitrogens with two attached hydrogens (primary N) is 1. The number of likely N-dealkylation sites (N-methyl/N-ethyl adjacent to an activating group) is 1. The summed E-state index contributed by atoms with van der Waals surface area (Å²) in [5.41, 5.74) is 7.05. The van der Waals surface area contributed by atoms with Crippen molar-refractivity contribution >= 4 is 11.6 Å². The summed E-state index contributed by atoms with van der Waals surface area (Å²) in [5, 5.41) is 0. The highest BCUT2D eigenvalue weighted by Gasteiger charge is 2.27. The van der Waals surface area contributed by atoms with Crippen LogP contribution in [0.15, 0.2) is 24.3 Å². The smallest absolute Gasteiger partial charge is 0.246 e. The van der Waals surface area contributed by atoms with Gasteiger partial charge in [-0.1, -0.05) is 12.1 Å². The molecule has 0 aliphatic rings. The van der Waals surface area contributed by atoms with Gasteiger partial charge in [-0.3, -0.25) is 4.79 Å². The summed E-state index contributed by atoms with van der Waals surface area (Å²) < 4.78 is 0. The number of hydrogen-bond acceptors (Lipinski definition) is 2. The summed E-state index contributed by atoms with van der Waals surface area (Å²) in [6, 6.07) is 7.88. The third-order valence-corrected chi connectivity index (χ3v) is 2.43. The minimum Gasteiger partial charge on any atom is -0.318 e. The highest BCUT2D eigenvalue weighted by Crippen LogP contribution is 2.18. The van der Waals surface area contributed by atoms with Crippen molar-refractivity contribution in [2.75, 3.05) is 11.4 Å². The molecule has 2 N–H and O–H groups in total. The van der Waals surface area contributed by atoms with Gasteiger partial charge in [-0.15, -0.1) is 0 Å². The van der Waals surface area contributed by atoms with Crippen LogP contribution in [0.25, 0.3) is 0 Å². The molecule has 1 aromatic rings. The number of hydrogen-bond donors (Lipinski definition) is 1. The van der Waals surface area contributed by atoms with E-state index in [1.165, 1.54) is 0 Å². The summed E-state index contributed by atoms with van der Waals surface area (Å²) in [5.74, 6) is -0.0550. The molecule has 0 aliphatic carbocycles. The maximum atomic E-state index is 12.1. The van der Waals surface area contributed by atoms with Gasteiger partial charge in [0.2, 0.25) is 5.91 Å². The average molecular weight is 220 g/mol. The lowest BCUT2D eigenvalue weighted by atomic mass is 10.0. The Balaban J connectivity index is 3.04. The lowest BCUT2D eigenvalue weighted by molar-refractivity contribution is -0.122.